The Morgan fingerprint density at radius 3 is 2.07 bits per heavy atom. The molecule has 0 aliphatic carbocycles. The molecule has 4 aromatic rings. The predicted octanol–water partition coefficient (Wildman–Crippen LogP) is 7.05. The van der Waals surface area contributed by atoms with Crippen molar-refractivity contribution in [2.75, 3.05) is 10.8 Å². The second-order valence-electron chi connectivity index (χ2n) is 10.9. The summed E-state index contributed by atoms with van der Waals surface area (Å²) in [5.74, 6) is -0.890. The van der Waals surface area contributed by atoms with Crippen LogP contribution in [-0.2, 0) is 32.6 Å². The number of sulfonamides is 1. The van der Waals surface area contributed by atoms with Gasteiger partial charge in [-0.05, 0) is 67.3 Å². The molecule has 2 amide bonds. The number of halogens is 2. The quantitative estimate of drug-likeness (QED) is 0.166. The van der Waals surface area contributed by atoms with E-state index in [0.717, 1.165) is 9.87 Å². The number of hydrogen-bond acceptors (Lipinski definition) is 4. The molecule has 0 heterocycles. The van der Waals surface area contributed by atoms with E-state index >= 15 is 0 Å². The number of amides is 2. The number of aryl methyl sites for hydroxylation is 1. The SMILES string of the molecule is CCC(C)NC(=O)C(Cc1ccccc1)N(Cc1ccc(Cl)c(Cl)c1)C(=O)CN(c1ccccc1C)S(=O)(=O)c1ccccc1. The van der Waals surface area contributed by atoms with Gasteiger partial charge in [0.2, 0.25) is 11.8 Å². The summed E-state index contributed by atoms with van der Waals surface area (Å²) in [5.41, 5.74) is 2.53. The summed E-state index contributed by atoms with van der Waals surface area (Å²) in [6, 6.07) is 28.3. The van der Waals surface area contributed by atoms with E-state index in [4.69, 9.17) is 23.2 Å². The van der Waals surface area contributed by atoms with Crippen molar-refractivity contribution < 1.29 is 18.0 Å². The summed E-state index contributed by atoms with van der Waals surface area (Å²) < 4.78 is 29.3. The summed E-state index contributed by atoms with van der Waals surface area (Å²) in [7, 11) is -4.17. The Morgan fingerprint density at radius 1 is 0.822 bits per heavy atom. The van der Waals surface area contributed by atoms with Crippen molar-refractivity contribution in [1.29, 1.82) is 0 Å². The smallest absolute Gasteiger partial charge is 0.264 e. The first-order valence-electron chi connectivity index (χ1n) is 14.7. The molecule has 0 fully saturated rings. The fraction of sp³-hybridized carbons (Fsp3) is 0.257. The second-order valence-corrected chi connectivity index (χ2v) is 13.6. The van der Waals surface area contributed by atoms with Gasteiger partial charge in [0.05, 0.1) is 20.6 Å². The van der Waals surface area contributed by atoms with Gasteiger partial charge in [0.15, 0.2) is 0 Å². The van der Waals surface area contributed by atoms with E-state index in [1.54, 1.807) is 67.6 Å². The van der Waals surface area contributed by atoms with Crippen LogP contribution >= 0.6 is 23.2 Å². The number of anilines is 1. The van der Waals surface area contributed by atoms with Gasteiger partial charge in [0.25, 0.3) is 10.0 Å². The molecule has 0 aliphatic rings. The van der Waals surface area contributed by atoms with E-state index in [1.165, 1.54) is 17.0 Å². The first-order valence-corrected chi connectivity index (χ1v) is 16.9. The lowest BCUT2D eigenvalue weighted by Crippen LogP contribution is -2.54. The zero-order chi connectivity index (χ0) is 32.6. The number of para-hydroxylation sites is 1. The maximum absolute atomic E-state index is 14.5. The van der Waals surface area contributed by atoms with Crippen LogP contribution in [0.2, 0.25) is 10.0 Å². The van der Waals surface area contributed by atoms with Crippen molar-refractivity contribution in [2.24, 2.45) is 0 Å². The van der Waals surface area contributed by atoms with E-state index in [0.29, 0.717) is 33.3 Å². The van der Waals surface area contributed by atoms with Gasteiger partial charge in [0.1, 0.15) is 12.6 Å². The number of nitrogens with one attached hydrogen (secondary N) is 1. The average Bonchev–Trinajstić information content (AvgIpc) is 3.04. The Morgan fingerprint density at radius 2 is 1.44 bits per heavy atom. The molecule has 0 radical (unpaired) electrons. The maximum atomic E-state index is 14.5. The third-order valence-electron chi connectivity index (χ3n) is 7.60. The van der Waals surface area contributed by atoms with Crippen LogP contribution < -0.4 is 9.62 Å². The fourth-order valence-electron chi connectivity index (χ4n) is 4.91. The van der Waals surface area contributed by atoms with E-state index in [1.807, 2.05) is 44.2 Å². The highest BCUT2D eigenvalue weighted by molar-refractivity contribution is 7.92. The van der Waals surface area contributed by atoms with E-state index in [-0.39, 0.29) is 29.8 Å². The predicted molar refractivity (Wildman–Crippen MR) is 181 cm³/mol. The van der Waals surface area contributed by atoms with Gasteiger partial charge in [-0.2, -0.15) is 0 Å². The fourth-order valence-corrected chi connectivity index (χ4v) is 6.73. The van der Waals surface area contributed by atoms with Gasteiger partial charge >= 0.3 is 0 Å². The Balaban J connectivity index is 1.82. The number of hydrogen-bond donors (Lipinski definition) is 1. The number of rotatable bonds is 13. The van der Waals surface area contributed by atoms with Crippen molar-refractivity contribution >= 4 is 50.7 Å². The van der Waals surface area contributed by atoms with Gasteiger partial charge in [-0.3, -0.25) is 13.9 Å². The zero-order valence-electron chi connectivity index (χ0n) is 25.5. The summed E-state index contributed by atoms with van der Waals surface area (Å²) in [6.07, 6.45) is 0.910. The van der Waals surface area contributed by atoms with E-state index < -0.39 is 28.5 Å². The molecule has 0 aromatic heterocycles. The van der Waals surface area contributed by atoms with Crippen LogP contribution in [-0.4, -0.2) is 43.8 Å². The van der Waals surface area contributed by atoms with Crippen molar-refractivity contribution in [2.45, 2.75) is 57.1 Å². The molecular weight excluding hydrogens is 629 g/mol. The summed E-state index contributed by atoms with van der Waals surface area (Å²) in [4.78, 5) is 30.0. The minimum absolute atomic E-state index is 0.00581. The third-order valence-corrected chi connectivity index (χ3v) is 10.1. The largest absolute Gasteiger partial charge is 0.352 e. The molecule has 236 valence electrons. The van der Waals surface area contributed by atoms with Gasteiger partial charge in [-0.25, -0.2) is 8.42 Å². The molecule has 2 atom stereocenters. The van der Waals surface area contributed by atoms with Crippen LogP contribution in [0.25, 0.3) is 0 Å². The Kier molecular flexibility index (Phi) is 11.7. The normalized spacial score (nSPS) is 12.6. The van der Waals surface area contributed by atoms with Gasteiger partial charge < -0.3 is 10.2 Å². The zero-order valence-corrected chi connectivity index (χ0v) is 27.8. The summed E-state index contributed by atoms with van der Waals surface area (Å²) in [5, 5.41) is 3.69. The minimum atomic E-state index is -4.17. The molecule has 0 bridgehead atoms. The molecule has 4 aromatic carbocycles. The van der Waals surface area contributed by atoms with Crippen LogP contribution in [0, 0.1) is 6.92 Å². The van der Waals surface area contributed by atoms with Gasteiger partial charge in [-0.15, -0.1) is 0 Å². The first kappa shape index (κ1) is 34.0. The molecule has 0 saturated heterocycles. The molecule has 45 heavy (non-hydrogen) atoms. The lowest BCUT2D eigenvalue weighted by atomic mass is 10.0. The lowest BCUT2D eigenvalue weighted by molar-refractivity contribution is -0.140. The Hall–Kier alpha value is -3.85. The summed E-state index contributed by atoms with van der Waals surface area (Å²) >= 11 is 12.5. The molecule has 4 rings (SSSR count). The third kappa shape index (κ3) is 8.66. The average molecular weight is 667 g/mol. The molecule has 2 unspecified atom stereocenters. The van der Waals surface area contributed by atoms with Crippen LogP contribution in [0.5, 0.6) is 0 Å². The van der Waals surface area contributed by atoms with Crippen LogP contribution in [0.3, 0.4) is 0 Å². The van der Waals surface area contributed by atoms with Crippen molar-refractivity contribution in [1.82, 2.24) is 10.2 Å². The first-order chi connectivity index (χ1) is 21.5. The topological polar surface area (TPSA) is 86.8 Å². The highest BCUT2D eigenvalue weighted by Crippen LogP contribution is 2.28. The van der Waals surface area contributed by atoms with E-state index in [2.05, 4.69) is 5.32 Å². The van der Waals surface area contributed by atoms with Crippen LogP contribution in [0.4, 0.5) is 5.69 Å². The molecule has 1 N–H and O–H groups in total. The highest BCUT2D eigenvalue weighted by Gasteiger charge is 2.35. The molecule has 0 spiro atoms. The molecule has 0 aliphatic heterocycles. The Bertz CT molecular complexity index is 1720. The molecule has 0 saturated carbocycles. The van der Waals surface area contributed by atoms with Crippen molar-refractivity contribution in [3.05, 3.63) is 130 Å². The van der Waals surface area contributed by atoms with Crippen molar-refractivity contribution in [3.63, 3.8) is 0 Å². The van der Waals surface area contributed by atoms with Gasteiger partial charge in [-0.1, -0.05) is 103 Å². The molecule has 7 nitrogen and oxygen atoms in total. The van der Waals surface area contributed by atoms with Crippen molar-refractivity contribution in [3.8, 4) is 0 Å². The molecule has 10 heteroatoms. The highest BCUT2D eigenvalue weighted by atomic mass is 35.5. The minimum Gasteiger partial charge on any atom is -0.352 e. The number of nitrogens with zero attached hydrogens (tertiary/aromatic N) is 2. The second kappa shape index (κ2) is 15.4. The monoisotopic (exact) mass is 665 g/mol. The maximum Gasteiger partial charge on any atom is 0.264 e. The number of benzene rings is 4. The number of carbonyl (C=O) groups excluding carboxylic acids is 2. The summed E-state index contributed by atoms with van der Waals surface area (Å²) in [6.45, 7) is 5.11. The lowest BCUT2D eigenvalue weighted by Gasteiger charge is -2.34. The molecular formula is C35H37Cl2N3O4S. The van der Waals surface area contributed by atoms with Crippen LogP contribution in [0.1, 0.15) is 37.0 Å². The van der Waals surface area contributed by atoms with Crippen LogP contribution in [0.15, 0.2) is 108 Å². The standard InChI is InChI=1S/C35H37Cl2N3O4S/c1-4-26(3)38-35(42)33(22-27-14-7-5-8-15-27)39(23-28-19-20-30(36)31(37)21-28)34(41)24-40(32-18-12-11-13-25(32)2)45(43,44)29-16-9-6-10-17-29/h5-21,26,33H,4,22-24H2,1-3H3,(H,38,42). The van der Waals surface area contributed by atoms with Gasteiger partial charge in [0, 0.05) is 19.0 Å². The van der Waals surface area contributed by atoms with E-state index in [9.17, 15) is 18.0 Å². The number of carbonyl (C=O) groups is 2. The Labute approximate surface area is 275 Å².